The van der Waals surface area contributed by atoms with Gasteiger partial charge in [-0.2, -0.15) is 13.2 Å². The van der Waals surface area contributed by atoms with E-state index < -0.39 is 12.1 Å². The lowest BCUT2D eigenvalue weighted by Gasteiger charge is -2.40. The molecule has 1 N–H and O–H groups in total. The van der Waals surface area contributed by atoms with Crippen LogP contribution in [0.5, 0.6) is 0 Å². The van der Waals surface area contributed by atoms with Crippen LogP contribution in [0.1, 0.15) is 35.3 Å². The monoisotopic (exact) mass is 468 g/mol. The zero-order chi connectivity index (χ0) is 24.1. The van der Waals surface area contributed by atoms with E-state index in [1.807, 2.05) is 17.0 Å². The van der Waals surface area contributed by atoms with Gasteiger partial charge in [0.2, 0.25) is 0 Å². The Morgan fingerprint density at radius 3 is 2.36 bits per heavy atom. The molecular weight excluding hydrogens is 444 g/mol. The van der Waals surface area contributed by atoms with E-state index in [0.717, 1.165) is 57.5 Å². The molecule has 1 atom stereocenters. The van der Waals surface area contributed by atoms with Crippen molar-refractivity contribution in [2.24, 2.45) is 5.41 Å². The average molecular weight is 468 g/mol. The van der Waals surface area contributed by atoms with Crippen LogP contribution in [0, 0.1) is 11.2 Å². The number of halogens is 4. The van der Waals surface area contributed by atoms with E-state index in [4.69, 9.17) is 9.90 Å². The second-order valence-electron chi connectivity index (χ2n) is 8.31. The summed E-state index contributed by atoms with van der Waals surface area (Å²) in [7, 11) is 0. The molecule has 33 heavy (non-hydrogen) atoms. The highest BCUT2D eigenvalue weighted by atomic mass is 19.4. The maximum atomic E-state index is 13.1. The first kappa shape index (κ1) is 24.6. The molecule has 1 spiro atoms. The van der Waals surface area contributed by atoms with Crippen molar-refractivity contribution in [1.82, 2.24) is 19.8 Å². The number of carboxylic acids is 1. The third kappa shape index (κ3) is 6.70. The van der Waals surface area contributed by atoms with Gasteiger partial charge in [0, 0.05) is 44.0 Å². The average Bonchev–Trinajstić information content (AvgIpc) is 3.16. The maximum Gasteiger partial charge on any atom is 0.490 e. The van der Waals surface area contributed by atoms with Gasteiger partial charge in [0.15, 0.2) is 0 Å². The Hall–Kier alpha value is -3.08. The Labute approximate surface area is 188 Å². The number of rotatable bonds is 3. The lowest BCUT2D eigenvalue weighted by Crippen LogP contribution is -2.47. The zero-order valence-corrected chi connectivity index (χ0v) is 17.8. The molecule has 2 aliphatic rings. The van der Waals surface area contributed by atoms with Gasteiger partial charge in [-0.05, 0) is 43.5 Å². The largest absolute Gasteiger partial charge is 0.490 e. The Morgan fingerprint density at radius 1 is 1.06 bits per heavy atom. The number of amides is 1. The molecular formula is C22H24F4N4O3. The molecule has 4 rings (SSSR count). The van der Waals surface area contributed by atoms with Crippen molar-refractivity contribution in [1.29, 1.82) is 0 Å². The fourth-order valence-corrected chi connectivity index (χ4v) is 4.30. The van der Waals surface area contributed by atoms with Crippen LogP contribution < -0.4 is 0 Å². The van der Waals surface area contributed by atoms with Crippen molar-refractivity contribution >= 4 is 11.9 Å². The summed E-state index contributed by atoms with van der Waals surface area (Å²) in [5, 5.41) is 7.12. The lowest BCUT2D eigenvalue weighted by molar-refractivity contribution is -0.192. The predicted molar refractivity (Wildman–Crippen MR) is 110 cm³/mol. The summed E-state index contributed by atoms with van der Waals surface area (Å²) in [6.45, 7) is 4.40. The Morgan fingerprint density at radius 2 is 1.76 bits per heavy atom. The number of hydrogen-bond acceptors (Lipinski definition) is 5. The van der Waals surface area contributed by atoms with Crippen LogP contribution in [0.4, 0.5) is 17.6 Å². The minimum atomic E-state index is -5.08. The van der Waals surface area contributed by atoms with Crippen molar-refractivity contribution < 1.29 is 32.3 Å². The molecule has 2 aromatic rings. The molecule has 0 aliphatic carbocycles. The van der Waals surface area contributed by atoms with Gasteiger partial charge in [-0.15, -0.1) is 0 Å². The van der Waals surface area contributed by atoms with Crippen molar-refractivity contribution in [3.05, 3.63) is 59.9 Å². The Kier molecular flexibility index (Phi) is 7.62. The normalized spacial score (nSPS) is 20.9. The molecule has 1 aromatic heterocycles. The van der Waals surface area contributed by atoms with E-state index in [1.54, 1.807) is 18.6 Å². The summed E-state index contributed by atoms with van der Waals surface area (Å²) in [6.07, 6.45) is 2.87. The second kappa shape index (κ2) is 10.2. The quantitative estimate of drug-likeness (QED) is 0.696. The van der Waals surface area contributed by atoms with Crippen LogP contribution >= 0.6 is 0 Å². The minimum absolute atomic E-state index is 0.0193. The predicted octanol–water partition coefficient (Wildman–Crippen LogP) is 3.38. The van der Waals surface area contributed by atoms with Gasteiger partial charge in [-0.1, -0.05) is 12.1 Å². The van der Waals surface area contributed by atoms with Gasteiger partial charge < -0.3 is 10.0 Å². The molecule has 2 fully saturated rings. The molecule has 7 nitrogen and oxygen atoms in total. The summed E-state index contributed by atoms with van der Waals surface area (Å²) in [5.41, 5.74) is 1.72. The Balaban J connectivity index is 0.000000383. The highest BCUT2D eigenvalue weighted by Gasteiger charge is 2.42. The van der Waals surface area contributed by atoms with Crippen molar-refractivity contribution in [2.45, 2.75) is 32.0 Å². The molecule has 1 amide bonds. The van der Waals surface area contributed by atoms with Gasteiger partial charge in [0.25, 0.3) is 5.91 Å². The minimum Gasteiger partial charge on any atom is -0.475 e. The van der Waals surface area contributed by atoms with E-state index in [9.17, 15) is 22.4 Å². The number of nitrogens with zero attached hydrogens (tertiary/aromatic N) is 4. The number of benzene rings is 1. The number of aromatic nitrogens is 2. The highest BCUT2D eigenvalue weighted by molar-refractivity contribution is 5.92. The first-order chi connectivity index (χ1) is 15.6. The smallest absolute Gasteiger partial charge is 0.475 e. The fourth-order valence-electron chi connectivity index (χ4n) is 4.30. The lowest BCUT2D eigenvalue weighted by atomic mass is 9.79. The van der Waals surface area contributed by atoms with Crippen LogP contribution in [-0.2, 0) is 11.3 Å². The number of carboxylic acid groups (broad SMARTS) is 1. The maximum absolute atomic E-state index is 13.1. The molecule has 0 radical (unpaired) electrons. The number of piperidine rings is 1. The number of carbonyl (C=O) groups excluding carboxylic acids is 1. The summed E-state index contributed by atoms with van der Waals surface area (Å²) < 4.78 is 44.8. The molecule has 0 bridgehead atoms. The van der Waals surface area contributed by atoms with E-state index in [1.165, 1.54) is 12.1 Å². The molecule has 178 valence electrons. The summed E-state index contributed by atoms with van der Waals surface area (Å²) in [4.78, 5) is 34.1. The SMILES string of the molecule is O=C(O)C(F)(F)F.O=C(c1cnccn1)N1CCCC2(CCN(Cc3ccc(F)cc3)C2)C1. The molecule has 2 saturated heterocycles. The first-order valence-electron chi connectivity index (χ1n) is 10.4. The Bertz CT molecular complexity index is 956. The molecule has 1 aromatic carbocycles. The summed E-state index contributed by atoms with van der Waals surface area (Å²) >= 11 is 0. The van der Waals surface area contributed by atoms with Gasteiger partial charge in [-0.25, -0.2) is 14.2 Å². The standard InChI is InChI=1S/C20H23FN4O.C2HF3O2/c21-17-4-2-16(3-5-17)13-24-11-7-20(14-24)6-1-10-25(15-20)19(26)18-12-22-8-9-23-18;3-2(4,5)1(6)7/h2-5,8-9,12H,1,6-7,10-11,13-15H2;(H,6,7). The van der Waals surface area contributed by atoms with Gasteiger partial charge >= 0.3 is 12.1 Å². The van der Waals surface area contributed by atoms with Gasteiger partial charge in [0.05, 0.1) is 6.20 Å². The molecule has 3 heterocycles. The highest BCUT2D eigenvalue weighted by Crippen LogP contribution is 2.39. The third-order valence-electron chi connectivity index (χ3n) is 5.81. The van der Waals surface area contributed by atoms with E-state index in [-0.39, 0.29) is 17.1 Å². The summed E-state index contributed by atoms with van der Waals surface area (Å²) in [6, 6.07) is 6.74. The zero-order valence-electron chi connectivity index (χ0n) is 17.8. The van der Waals surface area contributed by atoms with Crippen LogP contribution in [0.2, 0.25) is 0 Å². The number of likely N-dealkylation sites (tertiary alicyclic amines) is 2. The number of hydrogen-bond donors (Lipinski definition) is 1. The first-order valence-corrected chi connectivity index (χ1v) is 10.4. The van der Waals surface area contributed by atoms with E-state index in [2.05, 4.69) is 14.9 Å². The molecule has 1 unspecified atom stereocenters. The fraction of sp³-hybridized carbons (Fsp3) is 0.455. The van der Waals surface area contributed by atoms with Crippen LogP contribution in [0.15, 0.2) is 42.9 Å². The molecule has 2 aliphatic heterocycles. The number of aliphatic carboxylic acids is 1. The number of carbonyl (C=O) groups is 2. The van der Waals surface area contributed by atoms with Gasteiger partial charge in [0.1, 0.15) is 11.5 Å². The van der Waals surface area contributed by atoms with Gasteiger partial charge in [-0.3, -0.25) is 14.7 Å². The molecule has 11 heteroatoms. The number of alkyl halides is 3. The molecule has 0 saturated carbocycles. The van der Waals surface area contributed by atoms with Crippen molar-refractivity contribution in [3.8, 4) is 0 Å². The van der Waals surface area contributed by atoms with E-state index >= 15 is 0 Å². The summed E-state index contributed by atoms with van der Waals surface area (Å²) in [5.74, 6) is -2.97. The van der Waals surface area contributed by atoms with Crippen LogP contribution in [0.25, 0.3) is 0 Å². The van der Waals surface area contributed by atoms with Crippen molar-refractivity contribution in [3.63, 3.8) is 0 Å². The third-order valence-corrected chi connectivity index (χ3v) is 5.81. The van der Waals surface area contributed by atoms with Crippen molar-refractivity contribution in [2.75, 3.05) is 26.2 Å². The van der Waals surface area contributed by atoms with Crippen LogP contribution in [-0.4, -0.2) is 69.1 Å². The topological polar surface area (TPSA) is 86.6 Å². The van der Waals surface area contributed by atoms with Crippen LogP contribution in [0.3, 0.4) is 0 Å². The second-order valence-corrected chi connectivity index (χ2v) is 8.31. The van der Waals surface area contributed by atoms with E-state index in [0.29, 0.717) is 5.69 Å².